The van der Waals surface area contributed by atoms with Crippen LogP contribution in [0.5, 0.6) is 0 Å². The van der Waals surface area contributed by atoms with Gasteiger partial charge in [0, 0.05) is 18.3 Å². The highest BCUT2D eigenvalue weighted by Gasteiger charge is 2.04. The van der Waals surface area contributed by atoms with Gasteiger partial charge >= 0.3 is 0 Å². The lowest BCUT2D eigenvalue weighted by molar-refractivity contribution is 1.09. The fraction of sp³-hybridized carbons (Fsp3) is 0.214. The van der Waals surface area contributed by atoms with Crippen molar-refractivity contribution in [2.24, 2.45) is 0 Å². The van der Waals surface area contributed by atoms with Gasteiger partial charge in [-0.1, -0.05) is 12.1 Å². The molecule has 1 aromatic heterocycles. The number of aryl methyl sites for hydroxylation is 1. The monoisotopic (exact) mass is 238 g/mol. The van der Waals surface area contributed by atoms with Crippen molar-refractivity contribution in [3.63, 3.8) is 0 Å². The van der Waals surface area contributed by atoms with Crippen molar-refractivity contribution >= 4 is 5.95 Å². The van der Waals surface area contributed by atoms with E-state index in [9.17, 15) is 0 Å². The molecule has 0 saturated heterocycles. The predicted molar refractivity (Wildman–Crippen MR) is 71.1 cm³/mol. The van der Waals surface area contributed by atoms with E-state index in [0.29, 0.717) is 11.5 Å². The van der Waals surface area contributed by atoms with Crippen molar-refractivity contribution in [1.29, 1.82) is 5.26 Å². The molecule has 2 rings (SSSR count). The van der Waals surface area contributed by atoms with Gasteiger partial charge < -0.3 is 5.32 Å². The highest BCUT2D eigenvalue weighted by molar-refractivity contribution is 5.63. The van der Waals surface area contributed by atoms with E-state index in [1.165, 1.54) is 0 Å². The lowest BCUT2D eigenvalue weighted by Crippen LogP contribution is -2.02. The number of hydrogen-bond acceptors (Lipinski definition) is 4. The first-order chi connectivity index (χ1) is 8.74. The number of nitrogens with one attached hydrogen (secondary N) is 1. The summed E-state index contributed by atoms with van der Waals surface area (Å²) < 4.78 is 0. The Bertz CT molecular complexity index is 599. The molecular weight excluding hydrogens is 224 g/mol. The number of aromatic nitrogens is 2. The van der Waals surface area contributed by atoms with E-state index in [0.717, 1.165) is 23.4 Å². The van der Waals surface area contributed by atoms with Crippen LogP contribution < -0.4 is 5.32 Å². The molecule has 1 N–H and O–H groups in total. The summed E-state index contributed by atoms with van der Waals surface area (Å²) in [7, 11) is 0. The second kappa shape index (κ2) is 5.28. The molecule has 0 spiro atoms. The van der Waals surface area contributed by atoms with Gasteiger partial charge in [0.2, 0.25) is 5.95 Å². The van der Waals surface area contributed by atoms with E-state index in [1.807, 2.05) is 38.1 Å². The number of rotatable bonds is 3. The highest BCUT2D eigenvalue weighted by Crippen LogP contribution is 2.20. The van der Waals surface area contributed by atoms with E-state index in [1.54, 1.807) is 6.20 Å². The molecule has 0 amide bonds. The van der Waals surface area contributed by atoms with E-state index >= 15 is 0 Å². The van der Waals surface area contributed by atoms with Crippen molar-refractivity contribution < 1.29 is 0 Å². The molecule has 0 saturated carbocycles. The Morgan fingerprint density at radius 1 is 1.33 bits per heavy atom. The molecule has 0 atom stereocenters. The minimum absolute atomic E-state index is 0.606. The quantitative estimate of drug-likeness (QED) is 0.893. The van der Waals surface area contributed by atoms with Gasteiger partial charge in [-0.05, 0) is 31.5 Å². The standard InChI is InChI=1S/C14H14N4/c1-3-16-14-17-7-6-13(18-14)11-5-4-10(2)12(8-11)9-15/h4-8H,3H2,1-2H3,(H,16,17,18). The van der Waals surface area contributed by atoms with Crippen molar-refractivity contribution in [1.82, 2.24) is 9.97 Å². The average Bonchev–Trinajstić information content (AvgIpc) is 2.40. The smallest absolute Gasteiger partial charge is 0.223 e. The van der Waals surface area contributed by atoms with Crippen LogP contribution in [0.1, 0.15) is 18.1 Å². The number of nitriles is 1. The molecular formula is C14H14N4. The fourth-order valence-electron chi connectivity index (χ4n) is 1.66. The number of hydrogen-bond donors (Lipinski definition) is 1. The van der Waals surface area contributed by atoms with E-state index < -0.39 is 0 Å². The van der Waals surface area contributed by atoms with Crippen LogP contribution in [0.25, 0.3) is 11.3 Å². The molecule has 2 aromatic rings. The highest BCUT2D eigenvalue weighted by atomic mass is 15.1. The summed E-state index contributed by atoms with van der Waals surface area (Å²) in [6.07, 6.45) is 1.71. The molecule has 0 aliphatic carbocycles. The second-order valence-corrected chi connectivity index (χ2v) is 3.94. The molecule has 0 bridgehead atoms. The summed E-state index contributed by atoms with van der Waals surface area (Å²) in [6.45, 7) is 4.70. The zero-order chi connectivity index (χ0) is 13.0. The molecule has 4 heteroatoms. The molecule has 18 heavy (non-hydrogen) atoms. The van der Waals surface area contributed by atoms with Crippen LogP contribution in [0.4, 0.5) is 5.95 Å². The van der Waals surface area contributed by atoms with Gasteiger partial charge in [-0.2, -0.15) is 5.26 Å². The normalized spacial score (nSPS) is 9.83. The van der Waals surface area contributed by atoms with Crippen molar-refractivity contribution in [3.8, 4) is 17.3 Å². The summed E-state index contributed by atoms with van der Waals surface area (Å²) in [5, 5.41) is 12.1. The molecule has 90 valence electrons. The van der Waals surface area contributed by atoms with Gasteiger partial charge in [-0.3, -0.25) is 0 Å². The van der Waals surface area contributed by atoms with Crippen LogP contribution in [0.2, 0.25) is 0 Å². The summed E-state index contributed by atoms with van der Waals surface area (Å²) in [5.41, 5.74) is 3.40. The lowest BCUT2D eigenvalue weighted by atomic mass is 10.0. The molecule has 0 aliphatic rings. The van der Waals surface area contributed by atoms with Crippen LogP contribution in [0.15, 0.2) is 30.5 Å². The summed E-state index contributed by atoms with van der Waals surface area (Å²) >= 11 is 0. The van der Waals surface area contributed by atoms with Gasteiger partial charge in [0.15, 0.2) is 0 Å². The molecule has 1 heterocycles. The lowest BCUT2D eigenvalue weighted by Gasteiger charge is -2.06. The topological polar surface area (TPSA) is 61.6 Å². The van der Waals surface area contributed by atoms with Crippen molar-refractivity contribution in [3.05, 3.63) is 41.6 Å². The Labute approximate surface area is 106 Å². The molecule has 4 nitrogen and oxygen atoms in total. The Balaban J connectivity index is 2.42. The van der Waals surface area contributed by atoms with Gasteiger partial charge in [-0.25, -0.2) is 9.97 Å². The Kier molecular flexibility index (Phi) is 3.54. The summed E-state index contributed by atoms with van der Waals surface area (Å²) in [5.74, 6) is 0.606. The van der Waals surface area contributed by atoms with Crippen LogP contribution in [0.3, 0.4) is 0 Å². The van der Waals surface area contributed by atoms with Gasteiger partial charge in [0.25, 0.3) is 0 Å². The number of anilines is 1. The van der Waals surface area contributed by atoms with E-state index in [2.05, 4.69) is 21.4 Å². The number of nitrogens with zero attached hydrogens (tertiary/aromatic N) is 3. The first-order valence-corrected chi connectivity index (χ1v) is 5.82. The average molecular weight is 238 g/mol. The van der Waals surface area contributed by atoms with Crippen LogP contribution in [-0.2, 0) is 0 Å². The Hall–Kier alpha value is -2.41. The van der Waals surface area contributed by atoms with Gasteiger partial charge in [0.1, 0.15) is 0 Å². The molecule has 0 aliphatic heterocycles. The summed E-state index contributed by atoms with van der Waals surface area (Å²) in [6, 6.07) is 9.78. The van der Waals surface area contributed by atoms with E-state index in [4.69, 9.17) is 5.26 Å². The summed E-state index contributed by atoms with van der Waals surface area (Å²) in [4.78, 5) is 8.53. The van der Waals surface area contributed by atoms with Crippen molar-refractivity contribution in [2.45, 2.75) is 13.8 Å². The third kappa shape index (κ3) is 2.46. The molecule has 1 aromatic carbocycles. The maximum absolute atomic E-state index is 9.03. The Morgan fingerprint density at radius 3 is 2.89 bits per heavy atom. The predicted octanol–water partition coefficient (Wildman–Crippen LogP) is 2.76. The first-order valence-electron chi connectivity index (χ1n) is 5.82. The maximum Gasteiger partial charge on any atom is 0.223 e. The molecule has 0 fully saturated rings. The van der Waals surface area contributed by atoms with E-state index in [-0.39, 0.29) is 0 Å². The van der Waals surface area contributed by atoms with Crippen molar-refractivity contribution in [2.75, 3.05) is 11.9 Å². The maximum atomic E-state index is 9.03. The second-order valence-electron chi connectivity index (χ2n) is 3.94. The van der Waals surface area contributed by atoms with Gasteiger partial charge in [0.05, 0.1) is 17.3 Å². The van der Waals surface area contributed by atoms with Crippen LogP contribution >= 0.6 is 0 Å². The fourth-order valence-corrected chi connectivity index (χ4v) is 1.66. The Morgan fingerprint density at radius 2 is 2.17 bits per heavy atom. The van der Waals surface area contributed by atoms with Gasteiger partial charge in [-0.15, -0.1) is 0 Å². The van der Waals surface area contributed by atoms with Crippen LogP contribution in [0, 0.1) is 18.3 Å². The minimum atomic E-state index is 0.606. The molecule has 0 radical (unpaired) electrons. The largest absolute Gasteiger partial charge is 0.354 e. The first kappa shape index (κ1) is 12.1. The SMILES string of the molecule is CCNc1nccc(-c2ccc(C)c(C#N)c2)n1. The number of benzene rings is 1. The third-order valence-corrected chi connectivity index (χ3v) is 2.64. The zero-order valence-corrected chi connectivity index (χ0v) is 10.4. The van der Waals surface area contributed by atoms with Crippen LogP contribution in [-0.4, -0.2) is 16.5 Å². The molecule has 0 unspecified atom stereocenters. The minimum Gasteiger partial charge on any atom is -0.354 e. The zero-order valence-electron chi connectivity index (χ0n) is 10.4. The third-order valence-electron chi connectivity index (χ3n) is 2.64.